The summed E-state index contributed by atoms with van der Waals surface area (Å²) in [5, 5.41) is 0. The lowest BCUT2D eigenvalue weighted by atomic mass is 10.2. The molecule has 0 amide bonds. The molecule has 0 N–H and O–H groups in total. The van der Waals surface area contributed by atoms with E-state index in [4.69, 9.17) is 9.47 Å². The Morgan fingerprint density at radius 2 is 1.33 bits per heavy atom. The Kier molecular flexibility index (Phi) is 5.38. The van der Waals surface area contributed by atoms with E-state index in [2.05, 4.69) is 41.0 Å². The van der Waals surface area contributed by atoms with Gasteiger partial charge in [-0.25, -0.2) is 0 Å². The molecule has 1 heterocycles. The molecule has 2 aromatic rings. The fourth-order valence-electron chi connectivity index (χ4n) is 3.22. The molecule has 0 aromatic heterocycles. The molecule has 1 aliphatic rings. The maximum atomic E-state index is 5.23. The zero-order valence-corrected chi connectivity index (χ0v) is 14.7. The maximum absolute atomic E-state index is 5.23. The van der Waals surface area contributed by atoms with Gasteiger partial charge in [0.15, 0.2) is 0 Å². The molecule has 0 spiro atoms. The summed E-state index contributed by atoms with van der Waals surface area (Å²) >= 11 is 0. The molecule has 2 aromatic carbocycles. The van der Waals surface area contributed by atoms with Gasteiger partial charge in [0.1, 0.15) is 11.5 Å². The molecule has 128 valence electrons. The average molecular weight is 326 g/mol. The molecule has 0 aliphatic carbocycles. The highest BCUT2D eigenvalue weighted by Gasteiger charge is 2.26. The van der Waals surface area contributed by atoms with Crippen LogP contribution in [0.1, 0.15) is 18.1 Å². The molecule has 4 heteroatoms. The van der Waals surface area contributed by atoms with Gasteiger partial charge in [-0.1, -0.05) is 24.3 Å². The van der Waals surface area contributed by atoms with Crippen molar-refractivity contribution in [1.29, 1.82) is 0 Å². The molecular weight excluding hydrogens is 300 g/mol. The van der Waals surface area contributed by atoms with Crippen LogP contribution < -0.4 is 9.47 Å². The highest BCUT2D eigenvalue weighted by Crippen LogP contribution is 2.21. The second kappa shape index (κ2) is 7.69. The highest BCUT2D eigenvalue weighted by molar-refractivity contribution is 5.28. The largest absolute Gasteiger partial charge is 0.497 e. The molecule has 3 rings (SSSR count). The van der Waals surface area contributed by atoms with Crippen molar-refractivity contribution < 1.29 is 9.47 Å². The van der Waals surface area contributed by atoms with Crippen LogP contribution in [-0.4, -0.2) is 43.3 Å². The van der Waals surface area contributed by atoms with Crippen molar-refractivity contribution in [1.82, 2.24) is 9.80 Å². The first-order valence-corrected chi connectivity index (χ1v) is 8.40. The molecule has 0 radical (unpaired) electrons. The maximum Gasteiger partial charge on any atom is 0.118 e. The number of ether oxygens (including phenoxy) is 2. The minimum Gasteiger partial charge on any atom is -0.497 e. The summed E-state index contributed by atoms with van der Waals surface area (Å²) in [6, 6.07) is 17.3. The predicted octanol–water partition coefficient (Wildman–Crippen LogP) is 3.37. The predicted molar refractivity (Wildman–Crippen MR) is 96.3 cm³/mol. The molecule has 1 aliphatic heterocycles. The molecule has 1 atom stereocenters. The van der Waals surface area contributed by atoms with Gasteiger partial charge in [-0.2, -0.15) is 0 Å². The molecule has 1 unspecified atom stereocenters. The van der Waals surface area contributed by atoms with Crippen molar-refractivity contribution >= 4 is 0 Å². The fourth-order valence-corrected chi connectivity index (χ4v) is 3.22. The van der Waals surface area contributed by atoms with Crippen LogP contribution in [0.15, 0.2) is 48.5 Å². The Morgan fingerprint density at radius 1 is 0.833 bits per heavy atom. The van der Waals surface area contributed by atoms with Crippen LogP contribution in [-0.2, 0) is 13.1 Å². The normalized spacial score (nSPS) is 18.7. The number of benzene rings is 2. The van der Waals surface area contributed by atoms with Crippen LogP contribution in [0, 0.1) is 0 Å². The van der Waals surface area contributed by atoms with Crippen LogP contribution in [0.2, 0.25) is 0 Å². The number of methoxy groups -OCH3 is 2. The summed E-state index contributed by atoms with van der Waals surface area (Å²) in [5.41, 5.74) is 2.66. The monoisotopic (exact) mass is 326 g/mol. The van der Waals surface area contributed by atoms with E-state index in [1.165, 1.54) is 11.1 Å². The van der Waals surface area contributed by atoms with E-state index < -0.39 is 0 Å². The van der Waals surface area contributed by atoms with Gasteiger partial charge in [0.05, 0.1) is 20.9 Å². The summed E-state index contributed by atoms with van der Waals surface area (Å²) in [6.45, 7) is 6.36. The number of nitrogens with zero attached hydrogens (tertiary/aromatic N) is 2. The van der Waals surface area contributed by atoms with E-state index in [-0.39, 0.29) is 0 Å². The van der Waals surface area contributed by atoms with E-state index in [9.17, 15) is 0 Å². The molecule has 1 fully saturated rings. The van der Waals surface area contributed by atoms with Crippen molar-refractivity contribution in [3.8, 4) is 11.5 Å². The first-order chi connectivity index (χ1) is 11.7. The minimum atomic E-state index is 0.561. The summed E-state index contributed by atoms with van der Waals surface area (Å²) in [6.07, 6.45) is 0. The topological polar surface area (TPSA) is 24.9 Å². The first kappa shape index (κ1) is 16.8. The van der Waals surface area contributed by atoms with Gasteiger partial charge in [0.25, 0.3) is 0 Å². The van der Waals surface area contributed by atoms with Gasteiger partial charge in [-0.3, -0.25) is 9.80 Å². The molecule has 0 saturated carbocycles. The van der Waals surface area contributed by atoms with Gasteiger partial charge >= 0.3 is 0 Å². The molecule has 4 nitrogen and oxygen atoms in total. The van der Waals surface area contributed by atoms with Crippen LogP contribution in [0.3, 0.4) is 0 Å². The lowest BCUT2D eigenvalue weighted by molar-refractivity contribution is 0.216. The van der Waals surface area contributed by atoms with Crippen LogP contribution in [0.4, 0.5) is 0 Å². The van der Waals surface area contributed by atoms with Gasteiger partial charge in [-0.15, -0.1) is 0 Å². The highest BCUT2D eigenvalue weighted by atomic mass is 16.5. The summed E-state index contributed by atoms with van der Waals surface area (Å²) in [7, 11) is 3.41. The Bertz CT molecular complexity index is 640. The Morgan fingerprint density at radius 3 is 1.83 bits per heavy atom. The summed E-state index contributed by atoms with van der Waals surface area (Å²) < 4.78 is 10.5. The smallest absolute Gasteiger partial charge is 0.118 e. The fraction of sp³-hybridized carbons (Fsp3) is 0.400. The average Bonchev–Trinajstić information content (AvgIpc) is 2.95. The van der Waals surface area contributed by atoms with E-state index in [1.54, 1.807) is 14.2 Å². The van der Waals surface area contributed by atoms with Crippen LogP contribution >= 0.6 is 0 Å². The zero-order chi connectivity index (χ0) is 16.9. The first-order valence-electron chi connectivity index (χ1n) is 8.40. The quantitative estimate of drug-likeness (QED) is 0.812. The van der Waals surface area contributed by atoms with E-state index >= 15 is 0 Å². The third-order valence-electron chi connectivity index (χ3n) is 4.64. The van der Waals surface area contributed by atoms with Crippen molar-refractivity contribution in [2.75, 3.05) is 27.4 Å². The molecule has 1 saturated heterocycles. The SMILES string of the molecule is COc1ccc(CN2CC(C)N(Cc3ccc(OC)cc3)C2)cc1. The lowest BCUT2D eigenvalue weighted by Gasteiger charge is -2.20. The molecule has 0 bridgehead atoms. The zero-order valence-electron chi connectivity index (χ0n) is 14.7. The second-order valence-electron chi connectivity index (χ2n) is 6.44. The van der Waals surface area contributed by atoms with E-state index in [0.717, 1.165) is 37.8 Å². The number of rotatable bonds is 6. The molecular formula is C20H26N2O2. The van der Waals surface area contributed by atoms with Crippen molar-refractivity contribution in [3.63, 3.8) is 0 Å². The standard InChI is InChI=1S/C20H26N2O2/c1-16-12-21(13-17-4-8-19(23-2)9-5-17)15-22(16)14-18-6-10-20(24-3)11-7-18/h4-11,16H,12-15H2,1-3H3. The summed E-state index contributed by atoms with van der Waals surface area (Å²) in [5.74, 6) is 1.82. The lowest BCUT2D eigenvalue weighted by Crippen LogP contribution is -2.28. The number of hydrogen-bond donors (Lipinski definition) is 0. The molecule has 24 heavy (non-hydrogen) atoms. The summed E-state index contributed by atoms with van der Waals surface area (Å²) in [4.78, 5) is 5.02. The van der Waals surface area contributed by atoms with Gasteiger partial charge < -0.3 is 9.47 Å². The van der Waals surface area contributed by atoms with Crippen LogP contribution in [0.5, 0.6) is 11.5 Å². The van der Waals surface area contributed by atoms with E-state index in [0.29, 0.717) is 6.04 Å². The number of hydrogen-bond acceptors (Lipinski definition) is 4. The third-order valence-corrected chi connectivity index (χ3v) is 4.64. The van der Waals surface area contributed by atoms with Gasteiger partial charge in [0.2, 0.25) is 0 Å². The second-order valence-corrected chi connectivity index (χ2v) is 6.44. The van der Waals surface area contributed by atoms with E-state index in [1.807, 2.05) is 24.3 Å². The Labute approximate surface area is 144 Å². The van der Waals surface area contributed by atoms with Crippen molar-refractivity contribution in [2.24, 2.45) is 0 Å². The Hall–Kier alpha value is -2.04. The minimum absolute atomic E-state index is 0.561. The van der Waals surface area contributed by atoms with Gasteiger partial charge in [0, 0.05) is 25.7 Å². The third kappa shape index (κ3) is 4.08. The van der Waals surface area contributed by atoms with Crippen LogP contribution in [0.25, 0.3) is 0 Å². The van der Waals surface area contributed by atoms with Crippen molar-refractivity contribution in [2.45, 2.75) is 26.1 Å². The van der Waals surface area contributed by atoms with Crippen molar-refractivity contribution in [3.05, 3.63) is 59.7 Å². The van der Waals surface area contributed by atoms with Gasteiger partial charge in [-0.05, 0) is 42.3 Å². The Balaban J connectivity index is 1.57.